The van der Waals surface area contributed by atoms with Crippen LogP contribution in [0.15, 0.2) is 72.9 Å². The van der Waals surface area contributed by atoms with E-state index in [1.165, 1.54) is 186 Å². The number of phosphoric acid groups is 2. The normalized spacial score (nSPS) is 14.2. The number of allylic oxidation sites excluding steroid dienone is 12. The zero-order chi connectivity index (χ0) is 76.0. The van der Waals surface area contributed by atoms with Gasteiger partial charge in [0.05, 0.1) is 26.4 Å². The zero-order valence-electron chi connectivity index (χ0n) is 66.5. The Morgan fingerprint density at radius 1 is 0.269 bits per heavy atom. The molecule has 104 heavy (non-hydrogen) atoms. The molecule has 0 fully saturated rings. The Kier molecular flexibility index (Phi) is 75.0. The molecule has 0 heterocycles. The molecule has 0 radical (unpaired) electrons. The Labute approximate surface area is 634 Å². The van der Waals surface area contributed by atoms with Gasteiger partial charge in [0.15, 0.2) is 12.2 Å². The number of carbonyl (C=O) groups excluding carboxylic acids is 4. The molecule has 0 bridgehead atoms. The van der Waals surface area contributed by atoms with Gasteiger partial charge in [0, 0.05) is 25.7 Å². The molecule has 606 valence electrons. The quantitative estimate of drug-likeness (QED) is 0.0169. The largest absolute Gasteiger partial charge is 0.472 e. The van der Waals surface area contributed by atoms with Gasteiger partial charge in [0.1, 0.15) is 19.3 Å². The van der Waals surface area contributed by atoms with Crippen LogP contribution in [0, 0.1) is 0 Å². The number of unbranched alkanes of at least 4 members (excludes halogenated alkanes) is 42. The van der Waals surface area contributed by atoms with Crippen molar-refractivity contribution in [3.05, 3.63) is 72.9 Å². The second-order valence-electron chi connectivity index (χ2n) is 28.4. The van der Waals surface area contributed by atoms with Gasteiger partial charge in [-0.2, -0.15) is 0 Å². The van der Waals surface area contributed by atoms with Crippen LogP contribution in [0.5, 0.6) is 0 Å². The number of hydrogen-bond donors (Lipinski definition) is 3. The molecule has 0 amide bonds. The van der Waals surface area contributed by atoms with Crippen molar-refractivity contribution in [2.45, 2.75) is 406 Å². The van der Waals surface area contributed by atoms with Crippen LogP contribution in [-0.2, 0) is 65.4 Å². The van der Waals surface area contributed by atoms with E-state index in [1.807, 2.05) is 12.2 Å². The van der Waals surface area contributed by atoms with Crippen molar-refractivity contribution in [1.82, 2.24) is 0 Å². The predicted octanol–water partition coefficient (Wildman–Crippen LogP) is 24.8. The van der Waals surface area contributed by atoms with Gasteiger partial charge in [-0.1, -0.05) is 338 Å². The number of carbonyl (C=O) groups is 4. The summed E-state index contributed by atoms with van der Waals surface area (Å²) in [4.78, 5) is 73.1. The number of ether oxygens (including phenoxy) is 4. The zero-order valence-corrected chi connectivity index (χ0v) is 68.2. The van der Waals surface area contributed by atoms with E-state index in [4.69, 9.17) is 37.0 Å². The van der Waals surface area contributed by atoms with Crippen LogP contribution < -0.4 is 0 Å². The first-order valence-corrected chi connectivity index (χ1v) is 45.2. The smallest absolute Gasteiger partial charge is 0.462 e. The highest BCUT2D eigenvalue weighted by Gasteiger charge is 2.30. The SMILES string of the molecule is CCCCC/C=C\C/C=C\C/C=C\C/C=C\CCCC(=O)O[C@H](COC(=O)CCCCCCCCCCCCCCCCC)COP(=O)(O)OC[C@@H](O)COP(=O)(O)OC[C@@H](COC(=O)CCCCCCC/C=C\C/C=C\CCCCC)OC(=O)CCCCCCCCCCCCCCCCCCC. The summed E-state index contributed by atoms with van der Waals surface area (Å²) in [5.41, 5.74) is 0. The maximum Gasteiger partial charge on any atom is 0.472 e. The number of phosphoric ester groups is 2. The monoisotopic (exact) mass is 1510 g/mol. The van der Waals surface area contributed by atoms with Gasteiger partial charge in [0.2, 0.25) is 0 Å². The number of hydrogen-bond acceptors (Lipinski definition) is 15. The second kappa shape index (κ2) is 77.7. The molecular weight excluding hydrogens is 1350 g/mol. The van der Waals surface area contributed by atoms with Crippen molar-refractivity contribution < 1.29 is 80.2 Å². The molecule has 5 atom stereocenters. The molecule has 3 N–H and O–H groups in total. The van der Waals surface area contributed by atoms with Gasteiger partial charge in [-0.15, -0.1) is 0 Å². The summed E-state index contributed by atoms with van der Waals surface area (Å²) in [7, 11) is -9.97. The third-order valence-corrected chi connectivity index (χ3v) is 20.1. The topological polar surface area (TPSA) is 237 Å². The van der Waals surface area contributed by atoms with Gasteiger partial charge in [-0.3, -0.25) is 37.3 Å². The maximum atomic E-state index is 13.1. The lowest BCUT2D eigenvalue weighted by Crippen LogP contribution is -2.30. The molecule has 0 aliphatic rings. The first-order chi connectivity index (χ1) is 50.7. The highest BCUT2D eigenvalue weighted by atomic mass is 31.2. The van der Waals surface area contributed by atoms with E-state index in [9.17, 15) is 43.2 Å². The summed E-state index contributed by atoms with van der Waals surface area (Å²) < 4.78 is 68.7. The Morgan fingerprint density at radius 2 is 0.481 bits per heavy atom. The van der Waals surface area contributed by atoms with Crippen LogP contribution in [-0.4, -0.2) is 96.7 Å². The Balaban J connectivity index is 5.39. The fourth-order valence-corrected chi connectivity index (χ4v) is 13.3. The molecular formula is C85H154O17P2. The fourth-order valence-electron chi connectivity index (χ4n) is 11.7. The first kappa shape index (κ1) is 100. The van der Waals surface area contributed by atoms with Gasteiger partial charge >= 0.3 is 39.5 Å². The lowest BCUT2D eigenvalue weighted by atomic mass is 10.0. The lowest BCUT2D eigenvalue weighted by Gasteiger charge is -2.21. The lowest BCUT2D eigenvalue weighted by molar-refractivity contribution is -0.161. The molecule has 0 aromatic carbocycles. The minimum Gasteiger partial charge on any atom is -0.462 e. The average molecular weight is 1510 g/mol. The summed E-state index contributed by atoms with van der Waals surface area (Å²) in [5, 5.41) is 10.7. The van der Waals surface area contributed by atoms with E-state index in [0.29, 0.717) is 32.1 Å². The van der Waals surface area contributed by atoms with Crippen LogP contribution >= 0.6 is 15.6 Å². The van der Waals surface area contributed by atoms with Crippen molar-refractivity contribution in [3.8, 4) is 0 Å². The van der Waals surface area contributed by atoms with Gasteiger partial charge in [0.25, 0.3) is 0 Å². The molecule has 0 aliphatic heterocycles. The third kappa shape index (κ3) is 76.7. The number of esters is 4. The molecule has 0 rings (SSSR count). The maximum absolute atomic E-state index is 13.1. The summed E-state index contributed by atoms with van der Waals surface area (Å²) in [5.74, 6) is -2.22. The van der Waals surface area contributed by atoms with E-state index >= 15 is 0 Å². The van der Waals surface area contributed by atoms with Crippen molar-refractivity contribution in [1.29, 1.82) is 0 Å². The van der Waals surface area contributed by atoms with Crippen molar-refractivity contribution >= 4 is 39.5 Å². The van der Waals surface area contributed by atoms with Crippen molar-refractivity contribution in [3.63, 3.8) is 0 Å². The van der Waals surface area contributed by atoms with Crippen LogP contribution in [0.2, 0.25) is 0 Å². The summed E-state index contributed by atoms with van der Waals surface area (Å²) in [6, 6.07) is 0. The number of aliphatic hydroxyl groups is 1. The highest BCUT2D eigenvalue weighted by molar-refractivity contribution is 7.47. The summed E-state index contributed by atoms with van der Waals surface area (Å²) in [6.07, 6.45) is 80.1. The molecule has 0 aliphatic carbocycles. The molecule has 17 nitrogen and oxygen atoms in total. The van der Waals surface area contributed by atoms with E-state index in [-0.39, 0.29) is 25.7 Å². The molecule has 0 aromatic heterocycles. The van der Waals surface area contributed by atoms with E-state index in [1.54, 1.807) is 0 Å². The molecule has 0 saturated heterocycles. The highest BCUT2D eigenvalue weighted by Crippen LogP contribution is 2.45. The average Bonchev–Trinajstić information content (AvgIpc) is 0.907. The third-order valence-electron chi connectivity index (χ3n) is 18.2. The van der Waals surface area contributed by atoms with Gasteiger partial charge < -0.3 is 33.8 Å². The fraction of sp³-hybridized carbons (Fsp3) is 0.812. The molecule has 0 spiro atoms. The molecule has 0 aromatic rings. The summed E-state index contributed by atoms with van der Waals surface area (Å²) >= 11 is 0. The van der Waals surface area contributed by atoms with Crippen LogP contribution in [0.1, 0.15) is 387 Å². The Hall–Kier alpha value is -3.50. The van der Waals surface area contributed by atoms with E-state index in [2.05, 4.69) is 88.5 Å². The summed E-state index contributed by atoms with van der Waals surface area (Å²) in [6.45, 7) is 4.84. The standard InChI is InChI=1S/C85H154O17P2/c1-5-9-13-17-21-25-29-33-37-39-43-47-51-55-59-63-67-71-84(89)101-80(75-95-82(87)69-65-61-57-53-49-45-41-35-31-27-23-19-15-11-7-3)77-99-103(91,92)97-73-79(86)74-98-104(93,94)100-78-81(76-96-83(88)70-66-62-58-54-50-46-42-36-32-28-24-20-16-12-8-4)102-85(90)72-68-64-60-56-52-48-44-40-38-34-30-26-22-18-14-10-6-2/h21,24-25,28,33,36-37,42-43,47,55,59,79-81,86H,5-20,22-23,26-27,29-32,34-35,38-41,44-46,48-54,56-58,60-78H2,1-4H3,(H,91,92)(H,93,94)/b25-21-,28-24-,37-33-,42-36-,47-43-,59-55-/t79-,80-,81-/m1/s1. The first-order valence-electron chi connectivity index (χ1n) is 42.2. The molecule has 0 saturated carbocycles. The second-order valence-corrected chi connectivity index (χ2v) is 31.3. The van der Waals surface area contributed by atoms with E-state index in [0.717, 1.165) is 116 Å². The Bertz CT molecular complexity index is 2250. The van der Waals surface area contributed by atoms with Crippen molar-refractivity contribution in [2.75, 3.05) is 39.6 Å². The van der Waals surface area contributed by atoms with E-state index < -0.39 is 97.5 Å². The number of aliphatic hydroxyl groups excluding tert-OH is 1. The minimum atomic E-state index is -4.99. The van der Waals surface area contributed by atoms with Crippen LogP contribution in [0.3, 0.4) is 0 Å². The minimum absolute atomic E-state index is 0.0234. The predicted molar refractivity (Wildman–Crippen MR) is 427 cm³/mol. The Morgan fingerprint density at radius 3 is 0.779 bits per heavy atom. The van der Waals surface area contributed by atoms with Crippen LogP contribution in [0.4, 0.5) is 0 Å². The molecule has 2 unspecified atom stereocenters. The number of rotatable bonds is 80. The van der Waals surface area contributed by atoms with Crippen LogP contribution in [0.25, 0.3) is 0 Å². The molecule has 19 heteroatoms. The van der Waals surface area contributed by atoms with Crippen molar-refractivity contribution in [2.24, 2.45) is 0 Å². The van der Waals surface area contributed by atoms with Gasteiger partial charge in [-0.05, 0) is 96.3 Å². The van der Waals surface area contributed by atoms with Gasteiger partial charge in [-0.25, -0.2) is 9.13 Å².